The Morgan fingerprint density at radius 2 is 1.93 bits per heavy atom. The van der Waals surface area contributed by atoms with Gasteiger partial charge in [0.05, 0.1) is 5.56 Å². The maximum absolute atomic E-state index is 13.0. The van der Waals surface area contributed by atoms with E-state index in [9.17, 15) is 17.6 Å². The van der Waals surface area contributed by atoms with E-state index in [1.807, 2.05) is 0 Å². The monoisotopic (exact) mass is 219 g/mol. The maximum atomic E-state index is 13.0. The molecule has 1 aromatic carbocycles. The molecule has 0 saturated heterocycles. The van der Waals surface area contributed by atoms with Crippen LogP contribution in [0.15, 0.2) is 24.3 Å². The molecule has 1 aromatic rings. The zero-order valence-electron chi connectivity index (χ0n) is 7.68. The SMILES string of the molecule is NC/C=C/c1cc(C(F)(F)F)ccc1F. The first-order valence-corrected chi connectivity index (χ1v) is 4.18. The molecule has 1 rings (SSSR count). The molecule has 0 amide bonds. The molecule has 0 aromatic heterocycles. The zero-order chi connectivity index (χ0) is 11.5. The Bertz CT molecular complexity index is 368. The number of hydrogen-bond donors (Lipinski definition) is 1. The quantitative estimate of drug-likeness (QED) is 0.760. The highest BCUT2D eigenvalue weighted by atomic mass is 19.4. The van der Waals surface area contributed by atoms with Gasteiger partial charge in [-0.2, -0.15) is 13.2 Å². The second kappa shape index (κ2) is 4.44. The van der Waals surface area contributed by atoms with Crippen LogP contribution in [-0.4, -0.2) is 6.54 Å². The highest BCUT2D eigenvalue weighted by molar-refractivity contribution is 5.51. The number of nitrogens with two attached hydrogens (primary N) is 1. The van der Waals surface area contributed by atoms with Crippen LogP contribution in [0, 0.1) is 5.82 Å². The Labute approximate surface area is 84.2 Å². The van der Waals surface area contributed by atoms with Crippen molar-refractivity contribution in [1.82, 2.24) is 0 Å². The van der Waals surface area contributed by atoms with E-state index in [0.29, 0.717) is 6.07 Å². The van der Waals surface area contributed by atoms with Gasteiger partial charge >= 0.3 is 6.18 Å². The summed E-state index contributed by atoms with van der Waals surface area (Å²) in [6.07, 6.45) is -1.85. The Hall–Kier alpha value is -1.36. The summed E-state index contributed by atoms with van der Waals surface area (Å²) in [5.41, 5.74) is 4.13. The van der Waals surface area contributed by atoms with Gasteiger partial charge in [0.15, 0.2) is 0 Å². The molecule has 0 aliphatic rings. The fourth-order valence-electron chi connectivity index (χ4n) is 1.04. The van der Waals surface area contributed by atoms with Crippen LogP contribution in [0.5, 0.6) is 0 Å². The molecule has 0 radical (unpaired) electrons. The normalized spacial score (nSPS) is 12.3. The summed E-state index contributed by atoms with van der Waals surface area (Å²) < 4.78 is 49.8. The molecule has 0 aliphatic carbocycles. The molecule has 82 valence electrons. The van der Waals surface area contributed by atoms with E-state index in [0.717, 1.165) is 12.1 Å². The molecule has 0 atom stereocenters. The largest absolute Gasteiger partial charge is 0.416 e. The van der Waals surface area contributed by atoms with Gasteiger partial charge in [-0.25, -0.2) is 4.39 Å². The van der Waals surface area contributed by atoms with Crippen LogP contribution in [0.25, 0.3) is 6.08 Å². The third-order valence-electron chi connectivity index (χ3n) is 1.76. The first kappa shape index (κ1) is 11.7. The topological polar surface area (TPSA) is 26.0 Å². The van der Waals surface area contributed by atoms with E-state index in [4.69, 9.17) is 5.73 Å². The van der Waals surface area contributed by atoms with Crippen LogP contribution in [-0.2, 0) is 6.18 Å². The first-order chi connectivity index (χ1) is 6.95. The Morgan fingerprint density at radius 1 is 1.27 bits per heavy atom. The zero-order valence-corrected chi connectivity index (χ0v) is 7.68. The molecule has 15 heavy (non-hydrogen) atoms. The van der Waals surface area contributed by atoms with Crippen molar-refractivity contribution in [1.29, 1.82) is 0 Å². The molecule has 0 aliphatic heterocycles. The van der Waals surface area contributed by atoms with E-state index >= 15 is 0 Å². The maximum Gasteiger partial charge on any atom is 0.416 e. The molecular formula is C10H9F4N. The minimum atomic E-state index is -4.46. The molecule has 0 fully saturated rings. The summed E-state index contributed by atoms with van der Waals surface area (Å²) in [6, 6.07) is 2.25. The van der Waals surface area contributed by atoms with Crippen LogP contribution in [0.2, 0.25) is 0 Å². The second-order valence-corrected chi connectivity index (χ2v) is 2.87. The standard InChI is InChI=1S/C10H9F4N/c11-9-4-3-8(10(12,13)14)6-7(9)2-1-5-15/h1-4,6H,5,15H2/b2-1+. The number of hydrogen-bond acceptors (Lipinski definition) is 1. The lowest BCUT2D eigenvalue weighted by molar-refractivity contribution is -0.137. The third kappa shape index (κ3) is 3.06. The molecule has 2 N–H and O–H groups in total. The van der Waals surface area contributed by atoms with E-state index in [1.54, 1.807) is 0 Å². The van der Waals surface area contributed by atoms with Gasteiger partial charge in [0, 0.05) is 12.1 Å². The molecule has 0 spiro atoms. The predicted octanol–water partition coefficient (Wildman–Crippen LogP) is 2.82. The molecule has 0 heterocycles. The van der Waals surface area contributed by atoms with Gasteiger partial charge in [-0.15, -0.1) is 0 Å². The number of alkyl halides is 3. The summed E-state index contributed by atoms with van der Waals surface area (Å²) in [4.78, 5) is 0. The molecule has 0 unspecified atom stereocenters. The Kier molecular flexibility index (Phi) is 3.47. The Morgan fingerprint density at radius 3 is 2.47 bits per heavy atom. The molecular weight excluding hydrogens is 210 g/mol. The summed E-state index contributed by atoms with van der Waals surface area (Å²) in [7, 11) is 0. The lowest BCUT2D eigenvalue weighted by atomic mass is 10.1. The molecule has 0 bridgehead atoms. The van der Waals surface area contributed by atoms with E-state index < -0.39 is 17.6 Å². The van der Waals surface area contributed by atoms with Gasteiger partial charge in [-0.05, 0) is 18.2 Å². The van der Waals surface area contributed by atoms with Gasteiger partial charge in [0.2, 0.25) is 0 Å². The van der Waals surface area contributed by atoms with Crippen molar-refractivity contribution in [3.05, 3.63) is 41.2 Å². The average molecular weight is 219 g/mol. The van der Waals surface area contributed by atoms with Crippen LogP contribution in [0.1, 0.15) is 11.1 Å². The van der Waals surface area contributed by atoms with Crippen molar-refractivity contribution >= 4 is 6.08 Å². The summed E-state index contributed by atoms with van der Waals surface area (Å²) in [6.45, 7) is 0.148. The third-order valence-corrected chi connectivity index (χ3v) is 1.76. The average Bonchev–Trinajstić information content (AvgIpc) is 2.15. The van der Waals surface area contributed by atoms with E-state index in [1.165, 1.54) is 12.2 Å². The number of benzene rings is 1. The van der Waals surface area contributed by atoms with Crippen LogP contribution < -0.4 is 5.73 Å². The fourth-order valence-corrected chi connectivity index (χ4v) is 1.04. The van der Waals surface area contributed by atoms with Crippen LogP contribution in [0.3, 0.4) is 0 Å². The van der Waals surface area contributed by atoms with Gasteiger partial charge in [-0.3, -0.25) is 0 Å². The molecule has 0 saturated carbocycles. The summed E-state index contributed by atoms with van der Waals surface area (Å²) in [5, 5.41) is 0. The van der Waals surface area contributed by atoms with Gasteiger partial charge < -0.3 is 5.73 Å². The van der Waals surface area contributed by atoms with Crippen LogP contribution in [0.4, 0.5) is 17.6 Å². The molecule has 5 heteroatoms. The van der Waals surface area contributed by atoms with E-state index in [2.05, 4.69) is 0 Å². The minimum absolute atomic E-state index is 0.115. The van der Waals surface area contributed by atoms with E-state index in [-0.39, 0.29) is 12.1 Å². The van der Waals surface area contributed by atoms with Gasteiger partial charge in [-0.1, -0.05) is 12.2 Å². The van der Waals surface area contributed by atoms with Gasteiger partial charge in [0.25, 0.3) is 0 Å². The van der Waals surface area contributed by atoms with Crippen molar-refractivity contribution in [2.45, 2.75) is 6.18 Å². The number of halogens is 4. The first-order valence-electron chi connectivity index (χ1n) is 4.18. The van der Waals surface area contributed by atoms with Gasteiger partial charge in [0.1, 0.15) is 5.82 Å². The summed E-state index contributed by atoms with van der Waals surface area (Å²) >= 11 is 0. The Balaban J connectivity index is 3.11. The highest BCUT2D eigenvalue weighted by Gasteiger charge is 2.30. The van der Waals surface area contributed by atoms with Crippen molar-refractivity contribution in [2.24, 2.45) is 5.73 Å². The predicted molar refractivity (Wildman–Crippen MR) is 49.5 cm³/mol. The second-order valence-electron chi connectivity index (χ2n) is 2.87. The van der Waals surface area contributed by atoms with Crippen molar-refractivity contribution in [3.8, 4) is 0 Å². The minimum Gasteiger partial charge on any atom is -0.327 e. The number of rotatable bonds is 2. The molecule has 1 nitrogen and oxygen atoms in total. The fraction of sp³-hybridized carbons (Fsp3) is 0.200. The van der Waals surface area contributed by atoms with Crippen LogP contribution >= 0.6 is 0 Å². The lowest BCUT2D eigenvalue weighted by Gasteiger charge is -2.07. The lowest BCUT2D eigenvalue weighted by Crippen LogP contribution is -2.05. The summed E-state index contributed by atoms with van der Waals surface area (Å²) in [5.74, 6) is -0.701. The van der Waals surface area contributed by atoms with Crippen molar-refractivity contribution < 1.29 is 17.6 Å². The highest BCUT2D eigenvalue weighted by Crippen LogP contribution is 2.30. The van der Waals surface area contributed by atoms with Crippen molar-refractivity contribution in [3.63, 3.8) is 0 Å². The van der Waals surface area contributed by atoms with Crippen molar-refractivity contribution in [2.75, 3.05) is 6.54 Å². The smallest absolute Gasteiger partial charge is 0.327 e.